The van der Waals surface area contributed by atoms with Gasteiger partial charge in [-0.1, -0.05) is 19.8 Å². The highest BCUT2D eigenvalue weighted by molar-refractivity contribution is 5.35. The van der Waals surface area contributed by atoms with Gasteiger partial charge in [0.1, 0.15) is 0 Å². The van der Waals surface area contributed by atoms with Crippen molar-refractivity contribution in [2.45, 2.75) is 32.8 Å². The fourth-order valence-electron chi connectivity index (χ4n) is 1.35. The number of aliphatic hydroxyl groups is 1. The third kappa shape index (κ3) is 3.83. The lowest BCUT2D eigenvalue weighted by Crippen LogP contribution is -2.20. The number of hydrogen-bond donors (Lipinski definition) is 1. The number of aromatic nitrogens is 2. The van der Waals surface area contributed by atoms with Gasteiger partial charge < -0.3 is 10.0 Å². The molecule has 1 rings (SSSR count). The summed E-state index contributed by atoms with van der Waals surface area (Å²) in [6.07, 6.45) is 3.64. The van der Waals surface area contributed by atoms with Gasteiger partial charge in [0.15, 0.2) is 5.82 Å². The number of aliphatic hydroxyl groups excluding tert-OH is 1. The lowest BCUT2D eigenvalue weighted by atomic mass is 10.2. The zero-order chi connectivity index (χ0) is 11.1. The van der Waals surface area contributed by atoms with Gasteiger partial charge in [-0.2, -0.15) is 5.10 Å². The predicted octanol–water partition coefficient (Wildman–Crippen LogP) is 1.60. The summed E-state index contributed by atoms with van der Waals surface area (Å²) >= 11 is 0. The van der Waals surface area contributed by atoms with E-state index in [1.165, 1.54) is 19.3 Å². The average molecular weight is 209 g/mol. The Labute approximate surface area is 90.9 Å². The molecule has 0 amide bonds. The van der Waals surface area contributed by atoms with Gasteiger partial charge in [0.05, 0.1) is 12.3 Å². The molecule has 15 heavy (non-hydrogen) atoms. The molecule has 0 saturated heterocycles. The Morgan fingerprint density at radius 2 is 2.07 bits per heavy atom. The van der Waals surface area contributed by atoms with Gasteiger partial charge in [-0.15, -0.1) is 5.10 Å². The molecule has 0 atom stereocenters. The highest BCUT2D eigenvalue weighted by Crippen LogP contribution is 2.08. The van der Waals surface area contributed by atoms with E-state index in [-0.39, 0.29) is 6.61 Å². The van der Waals surface area contributed by atoms with Crippen molar-refractivity contribution < 1.29 is 5.11 Å². The van der Waals surface area contributed by atoms with E-state index < -0.39 is 0 Å². The molecule has 0 aliphatic carbocycles. The van der Waals surface area contributed by atoms with Gasteiger partial charge in [0.2, 0.25) is 0 Å². The van der Waals surface area contributed by atoms with E-state index in [1.807, 2.05) is 13.1 Å². The minimum absolute atomic E-state index is 0.0488. The first-order valence-corrected chi connectivity index (χ1v) is 5.42. The maximum atomic E-state index is 8.82. The first-order chi connectivity index (χ1) is 7.27. The van der Waals surface area contributed by atoms with E-state index >= 15 is 0 Å². The van der Waals surface area contributed by atoms with Gasteiger partial charge in [-0.25, -0.2) is 0 Å². The molecule has 1 N–H and O–H groups in total. The first-order valence-electron chi connectivity index (χ1n) is 5.42. The number of hydrogen-bond acceptors (Lipinski definition) is 4. The van der Waals surface area contributed by atoms with Crippen molar-refractivity contribution in [3.8, 4) is 0 Å². The maximum absolute atomic E-state index is 8.82. The van der Waals surface area contributed by atoms with Crippen molar-refractivity contribution in [2.75, 3.05) is 18.5 Å². The van der Waals surface area contributed by atoms with Crippen LogP contribution in [0.1, 0.15) is 31.9 Å². The Kier molecular flexibility index (Phi) is 5.04. The van der Waals surface area contributed by atoms with E-state index in [0.717, 1.165) is 12.4 Å². The largest absolute Gasteiger partial charge is 0.390 e. The van der Waals surface area contributed by atoms with Crippen LogP contribution in [0, 0.1) is 0 Å². The quantitative estimate of drug-likeness (QED) is 0.723. The molecule has 1 heterocycles. The normalized spacial score (nSPS) is 10.3. The fraction of sp³-hybridized carbons (Fsp3) is 0.636. The Morgan fingerprint density at radius 1 is 1.27 bits per heavy atom. The summed E-state index contributed by atoms with van der Waals surface area (Å²) in [5.41, 5.74) is 0.612. The van der Waals surface area contributed by atoms with Crippen LogP contribution in [-0.2, 0) is 6.61 Å². The fourth-order valence-corrected chi connectivity index (χ4v) is 1.35. The Morgan fingerprint density at radius 3 is 2.60 bits per heavy atom. The van der Waals surface area contributed by atoms with E-state index in [1.54, 1.807) is 6.07 Å². The highest BCUT2D eigenvalue weighted by atomic mass is 16.3. The molecule has 0 spiro atoms. The molecule has 1 aromatic heterocycles. The summed E-state index contributed by atoms with van der Waals surface area (Å²) in [5, 5.41) is 16.8. The number of nitrogens with zero attached hydrogens (tertiary/aromatic N) is 3. The van der Waals surface area contributed by atoms with Crippen LogP contribution in [0.4, 0.5) is 5.82 Å². The number of rotatable bonds is 6. The summed E-state index contributed by atoms with van der Waals surface area (Å²) in [6.45, 7) is 3.14. The SMILES string of the molecule is CCCCCN(C)c1ccc(CO)nn1. The molecule has 0 aliphatic rings. The number of unbranched alkanes of at least 4 members (excludes halogenated alkanes) is 2. The summed E-state index contributed by atoms with van der Waals surface area (Å²) in [7, 11) is 2.01. The summed E-state index contributed by atoms with van der Waals surface area (Å²) in [5.74, 6) is 0.864. The minimum atomic E-state index is -0.0488. The van der Waals surface area contributed by atoms with Crippen LogP contribution in [0.25, 0.3) is 0 Å². The maximum Gasteiger partial charge on any atom is 0.150 e. The topological polar surface area (TPSA) is 49.2 Å². The van der Waals surface area contributed by atoms with E-state index in [0.29, 0.717) is 5.69 Å². The van der Waals surface area contributed by atoms with Gasteiger partial charge in [0.25, 0.3) is 0 Å². The average Bonchev–Trinajstić information content (AvgIpc) is 2.29. The van der Waals surface area contributed by atoms with E-state index in [4.69, 9.17) is 5.11 Å². The van der Waals surface area contributed by atoms with Crippen molar-refractivity contribution in [1.82, 2.24) is 10.2 Å². The molecule has 0 aliphatic heterocycles. The molecular weight excluding hydrogens is 190 g/mol. The summed E-state index contributed by atoms with van der Waals surface area (Å²) in [4.78, 5) is 2.09. The molecule has 4 heteroatoms. The van der Waals surface area contributed by atoms with Crippen LogP contribution in [0.15, 0.2) is 12.1 Å². The molecule has 1 aromatic rings. The molecule has 0 saturated carbocycles. The van der Waals surface area contributed by atoms with Crippen LogP contribution in [-0.4, -0.2) is 28.9 Å². The van der Waals surface area contributed by atoms with Crippen molar-refractivity contribution in [2.24, 2.45) is 0 Å². The van der Waals surface area contributed by atoms with Crippen molar-refractivity contribution in [3.63, 3.8) is 0 Å². The van der Waals surface area contributed by atoms with Gasteiger partial charge in [0, 0.05) is 13.6 Å². The van der Waals surface area contributed by atoms with Crippen LogP contribution in [0.2, 0.25) is 0 Å². The second kappa shape index (κ2) is 6.35. The predicted molar refractivity (Wildman–Crippen MR) is 60.7 cm³/mol. The van der Waals surface area contributed by atoms with Gasteiger partial charge in [-0.05, 0) is 18.6 Å². The van der Waals surface area contributed by atoms with Crippen LogP contribution < -0.4 is 4.90 Å². The van der Waals surface area contributed by atoms with Crippen molar-refractivity contribution in [1.29, 1.82) is 0 Å². The molecule has 0 radical (unpaired) electrons. The van der Waals surface area contributed by atoms with E-state index in [9.17, 15) is 0 Å². The second-order valence-corrected chi connectivity index (χ2v) is 3.67. The Bertz CT molecular complexity index is 274. The summed E-state index contributed by atoms with van der Waals surface area (Å²) < 4.78 is 0. The number of anilines is 1. The monoisotopic (exact) mass is 209 g/mol. The van der Waals surface area contributed by atoms with Crippen LogP contribution in [0.3, 0.4) is 0 Å². The highest BCUT2D eigenvalue weighted by Gasteiger charge is 2.02. The second-order valence-electron chi connectivity index (χ2n) is 3.67. The van der Waals surface area contributed by atoms with Gasteiger partial charge in [-0.3, -0.25) is 0 Å². The third-order valence-electron chi connectivity index (χ3n) is 2.36. The molecule has 0 fully saturated rings. The van der Waals surface area contributed by atoms with Crippen LogP contribution >= 0.6 is 0 Å². The van der Waals surface area contributed by atoms with E-state index in [2.05, 4.69) is 22.0 Å². The van der Waals surface area contributed by atoms with Crippen LogP contribution in [0.5, 0.6) is 0 Å². The molecular formula is C11H19N3O. The third-order valence-corrected chi connectivity index (χ3v) is 2.36. The summed E-state index contributed by atoms with van der Waals surface area (Å²) in [6, 6.07) is 3.70. The lowest BCUT2D eigenvalue weighted by molar-refractivity contribution is 0.275. The Hall–Kier alpha value is -1.16. The molecule has 0 unspecified atom stereocenters. The zero-order valence-corrected chi connectivity index (χ0v) is 9.48. The Balaban J connectivity index is 2.46. The molecule has 84 valence electrons. The smallest absolute Gasteiger partial charge is 0.150 e. The lowest BCUT2D eigenvalue weighted by Gasteiger charge is -2.17. The molecule has 0 aromatic carbocycles. The minimum Gasteiger partial charge on any atom is -0.390 e. The van der Waals surface area contributed by atoms with Gasteiger partial charge >= 0.3 is 0 Å². The first kappa shape index (κ1) is 11.9. The standard InChI is InChI=1S/C11H19N3O/c1-3-4-5-8-14(2)11-7-6-10(9-15)12-13-11/h6-7,15H,3-5,8-9H2,1-2H3. The van der Waals surface area contributed by atoms with Crippen molar-refractivity contribution >= 4 is 5.82 Å². The van der Waals surface area contributed by atoms with Crippen molar-refractivity contribution in [3.05, 3.63) is 17.8 Å². The molecule has 4 nitrogen and oxygen atoms in total. The zero-order valence-electron chi connectivity index (χ0n) is 9.48. The molecule has 0 bridgehead atoms.